The van der Waals surface area contributed by atoms with Gasteiger partial charge < -0.3 is 20.1 Å². The number of benzene rings is 2. The fraction of sp³-hybridized carbons (Fsp3) is 0.333. The second kappa shape index (κ2) is 11.9. The van der Waals surface area contributed by atoms with E-state index in [0.717, 1.165) is 10.5 Å². The van der Waals surface area contributed by atoms with E-state index >= 15 is 0 Å². The quantitative estimate of drug-likeness (QED) is 0.505. The van der Waals surface area contributed by atoms with Crippen LogP contribution in [0.4, 0.5) is 0 Å². The summed E-state index contributed by atoms with van der Waals surface area (Å²) < 4.78 is 10.8. The van der Waals surface area contributed by atoms with Crippen molar-refractivity contribution in [2.75, 3.05) is 20.3 Å². The Bertz CT molecular complexity index is 895. The number of hydrogen-bond acceptors (Lipinski definition) is 5. The third kappa shape index (κ3) is 7.31. The summed E-state index contributed by atoms with van der Waals surface area (Å²) in [4.78, 5) is 24.8. The number of amides is 2. The van der Waals surface area contributed by atoms with E-state index < -0.39 is 0 Å². The third-order valence-corrected chi connectivity index (χ3v) is 5.83. The monoisotopic (exact) mass is 470 g/mol. The molecule has 30 heavy (non-hydrogen) atoms. The maximum absolute atomic E-state index is 12.5. The second-order valence-corrected chi connectivity index (χ2v) is 8.51. The predicted molar refractivity (Wildman–Crippen MR) is 121 cm³/mol. The number of halogens is 2. The van der Waals surface area contributed by atoms with Crippen LogP contribution in [0.3, 0.4) is 0 Å². The molecule has 2 rings (SSSR count). The molecule has 0 aromatic heterocycles. The number of carbonyl (C=O) groups is 2. The standard InChI is InChI=1S/C21H24Cl2N2O4S/c1-4-24-20(26)12-29-17-8-5-14(9-18(17)28-3)11-25-21(27)13(2)30-19-10-15(22)6-7-16(19)23/h5-10,13H,4,11-12H2,1-3H3,(H,24,26)(H,25,27). The van der Waals surface area contributed by atoms with Gasteiger partial charge in [-0.3, -0.25) is 9.59 Å². The molecular formula is C21H24Cl2N2O4S. The molecule has 0 heterocycles. The van der Waals surface area contributed by atoms with Crippen molar-refractivity contribution in [2.45, 2.75) is 30.5 Å². The molecule has 0 saturated carbocycles. The zero-order valence-electron chi connectivity index (χ0n) is 17.0. The van der Waals surface area contributed by atoms with Gasteiger partial charge in [0, 0.05) is 23.0 Å². The Morgan fingerprint density at radius 3 is 2.57 bits per heavy atom. The highest BCUT2D eigenvalue weighted by Crippen LogP contribution is 2.33. The minimum Gasteiger partial charge on any atom is -0.493 e. The summed E-state index contributed by atoms with van der Waals surface area (Å²) in [5.74, 6) is 0.603. The molecule has 2 amide bonds. The van der Waals surface area contributed by atoms with Crippen LogP contribution < -0.4 is 20.1 Å². The summed E-state index contributed by atoms with van der Waals surface area (Å²) in [6.45, 7) is 4.40. The van der Waals surface area contributed by atoms with Crippen LogP contribution in [0.2, 0.25) is 10.0 Å². The Labute approximate surface area is 190 Å². The number of thioether (sulfide) groups is 1. The molecule has 1 unspecified atom stereocenters. The lowest BCUT2D eigenvalue weighted by molar-refractivity contribution is -0.123. The molecule has 162 valence electrons. The smallest absolute Gasteiger partial charge is 0.257 e. The topological polar surface area (TPSA) is 76.7 Å². The van der Waals surface area contributed by atoms with Crippen molar-refractivity contribution in [3.63, 3.8) is 0 Å². The second-order valence-electron chi connectivity index (χ2n) is 6.28. The number of carbonyl (C=O) groups excluding carboxylic acids is 2. The molecule has 2 N–H and O–H groups in total. The van der Waals surface area contributed by atoms with Crippen LogP contribution in [0, 0.1) is 0 Å². The van der Waals surface area contributed by atoms with Crippen LogP contribution >= 0.6 is 35.0 Å². The van der Waals surface area contributed by atoms with Gasteiger partial charge in [-0.05, 0) is 49.7 Å². The Hall–Kier alpha value is -2.09. The van der Waals surface area contributed by atoms with Crippen LogP contribution in [0.1, 0.15) is 19.4 Å². The van der Waals surface area contributed by atoms with Gasteiger partial charge in [-0.15, -0.1) is 11.8 Å². The summed E-state index contributed by atoms with van der Waals surface area (Å²) in [5.41, 5.74) is 0.837. The largest absolute Gasteiger partial charge is 0.493 e. The van der Waals surface area contributed by atoms with Crippen LogP contribution in [0.5, 0.6) is 11.5 Å². The number of methoxy groups -OCH3 is 1. The van der Waals surface area contributed by atoms with E-state index in [1.807, 2.05) is 13.0 Å². The van der Waals surface area contributed by atoms with Gasteiger partial charge in [-0.1, -0.05) is 29.3 Å². The molecule has 0 spiro atoms. The highest BCUT2D eigenvalue weighted by Gasteiger charge is 2.16. The first-order valence-electron chi connectivity index (χ1n) is 9.29. The summed E-state index contributed by atoms with van der Waals surface area (Å²) in [6.07, 6.45) is 0. The predicted octanol–water partition coefficient (Wildman–Crippen LogP) is 4.31. The summed E-state index contributed by atoms with van der Waals surface area (Å²) in [6, 6.07) is 10.4. The highest BCUT2D eigenvalue weighted by molar-refractivity contribution is 8.00. The fourth-order valence-electron chi connectivity index (χ4n) is 2.48. The van der Waals surface area contributed by atoms with E-state index in [9.17, 15) is 9.59 Å². The van der Waals surface area contributed by atoms with E-state index in [2.05, 4.69) is 10.6 Å². The normalized spacial score (nSPS) is 11.5. The lowest BCUT2D eigenvalue weighted by Gasteiger charge is -2.15. The highest BCUT2D eigenvalue weighted by atomic mass is 35.5. The SMILES string of the molecule is CCNC(=O)COc1ccc(CNC(=O)C(C)Sc2cc(Cl)ccc2Cl)cc1OC. The molecule has 0 aliphatic carbocycles. The molecular weight excluding hydrogens is 447 g/mol. The van der Waals surface area contributed by atoms with E-state index in [-0.39, 0.29) is 23.7 Å². The van der Waals surface area contributed by atoms with Crippen molar-refractivity contribution in [1.29, 1.82) is 0 Å². The Morgan fingerprint density at radius 2 is 1.87 bits per heavy atom. The molecule has 0 radical (unpaired) electrons. The van der Waals surface area contributed by atoms with Gasteiger partial charge in [0.15, 0.2) is 18.1 Å². The van der Waals surface area contributed by atoms with Gasteiger partial charge in [-0.25, -0.2) is 0 Å². The van der Waals surface area contributed by atoms with Crippen molar-refractivity contribution in [2.24, 2.45) is 0 Å². The third-order valence-electron chi connectivity index (χ3n) is 3.99. The lowest BCUT2D eigenvalue weighted by atomic mass is 10.2. The molecule has 1 atom stereocenters. The van der Waals surface area contributed by atoms with E-state index in [1.54, 1.807) is 37.3 Å². The molecule has 2 aromatic rings. The van der Waals surface area contributed by atoms with Crippen LogP contribution in [0.15, 0.2) is 41.3 Å². The minimum atomic E-state index is -0.359. The van der Waals surface area contributed by atoms with Gasteiger partial charge in [0.2, 0.25) is 5.91 Å². The van der Waals surface area contributed by atoms with Crippen molar-refractivity contribution >= 4 is 46.8 Å². The van der Waals surface area contributed by atoms with Crippen molar-refractivity contribution < 1.29 is 19.1 Å². The first-order chi connectivity index (χ1) is 14.3. The van der Waals surface area contributed by atoms with Crippen molar-refractivity contribution in [1.82, 2.24) is 10.6 Å². The Balaban J connectivity index is 1.93. The van der Waals surface area contributed by atoms with E-state index in [1.165, 1.54) is 18.9 Å². The van der Waals surface area contributed by atoms with Gasteiger partial charge in [0.1, 0.15) is 0 Å². The maximum Gasteiger partial charge on any atom is 0.257 e. The minimum absolute atomic E-state index is 0.0961. The average Bonchev–Trinajstić information content (AvgIpc) is 2.73. The summed E-state index contributed by atoms with van der Waals surface area (Å²) in [5, 5.41) is 6.32. The molecule has 0 bridgehead atoms. The molecule has 0 aliphatic heterocycles. The van der Waals surface area contributed by atoms with E-state index in [4.69, 9.17) is 32.7 Å². The van der Waals surface area contributed by atoms with Gasteiger partial charge in [0.25, 0.3) is 5.91 Å². The number of nitrogens with one attached hydrogen (secondary N) is 2. The molecule has 9 heteroatoms. The van der Waals surface area contributed by atoms with Crippen LogP contribution in [-0.2, 0) is 16.1 Å². The van der Waals surface area contributed by atoms with Gasteiger partial charge >= 0.3 is 0 Å². The fourth-order valence-corrected chi connectivity index (χ4v) is 3.91. The average molecular weight is 471 g/mol. The Kier molecular flexibility index (Phi) is 9.62. The van der Waals surface area contributed by atoms with Crippen LogP contribution in [0.25, 0.3) is 0 Å². The number of likely N-dealkylation sites (N-methyl/N-ethyl adjacent to an activating group) is 1. The van der Waals surface area contributed by atoms with Crippen molar-refractivity contribution in [3.05, 3.63) is 52.0 Å². The maximum atomic E-state index is 12.5. The molecule has 2 aromatic carbocycles. The number of ether oxygens (including phenoxy) is 2. The molecule has 0 fully saturated rings. The van der Waals surface area contributed by atoms with Gasteiger partial charge in [0.05, 0.1) is 17.4 Å². The molecule has 0 saturated heterocycles. The van der Waals surface area contributed by atoms with Crippen LogP contribution in [-0.4, -0.2) is 37.3 Å². The van der Waals surface area contributed by atoms with Crippen molar-refractivity contribution in [3.8, 4) is 11.5 Å². The zero-order valence-corrected chi connectivity index (χ0v) is 19.3. The first-order valence-corrected chi connectivity index (χ1v) is 10.9. The molecule has 0 aliphatic rings. The Morgan fingerprint density at radius 1 is 1.10 bits per heavy atom. The van der Waals surface area contributed by atoms with E-state index in [0.29, 0.717) is 34.6 Å². The molecule has 6 nitrogen and oxygen atoms in total. The summed E-state index contributed by atoms with van der Waals surface area (Å²) in [7, 11) is 1.52. The summed E-state index contributed by atoms with van der Waals surface area (Å²) >= 11 is 13.5. The number of hydrogen-bond donors (Lipinski definition) is 2. The van der Waals surface area contributed by atoms with Gasteiger partial charge in [-0.2, -0.15) is 0 Å². The number of rotatable bonds is 10. The lowest BCUT2D eigenvalue weighted by Crippen LogP contribution is -2.30. The zero-order chi connectivity index (χ0) is 22.1. The first kappa shape index (κ1) is 24.2.